The van der Waals surface area contributed by atoms with Crippen molar-refractivity contribution in [1.82, 2.24) is 14.6 Å². The zero-order chi connectivity index (χ0) is 17.6. The molecule has 1 fully saturated rings. The Morgan fingerprint density at radius 1 is 1.24 bits per heavy atom. The van der Waals surface area contributed by atoms with Gasteiger partial charge in [0, 0.05) is 29.3 Å². The first-order valence-electron chi connectivity index (χ1n) is 8.29. The minimum atomic E-state index is -0.967. The van der Waals surface area contributed by atoms with E-state index in [2.05, 4.69) is 22.7 Å². The summed E-state index contributed by atoms with van der Waals surface area (Å²) >= 11 is 4.37. The molecule has 130 valence electrons. The number of nitrogens with zero attached hydrogens (tertiary/aromatic N) is 2. The lowest BCUT2D eigenvalue weighted by Gasteiger charge is -2.11. The van der Waals surface area contributed by atoms with Gasteiger partial charge in [-0.1, -0.05) is 25.0 Å². The summed E-state index contributed by atoms with van der Waals surface area (Å²) in [7, 11) is 0. The molecular formula is C18H17F2N3OS. The van der Waals surface area contributed by atoms with Crippen molar-refractivity contribution in [2.75, 3.05) is 0 Å². The molecule has 1 aliphatic carbocycles. The van der Waals surface area contributed by atoms with Gasteiger partial charge in [0.05, 0.1) is 10.9 Å². The second-order valence-corrected chi connectivity index (χ2v) is 6.97. The molecule has 7 heteroatoms. The predicted molar refractivity (Wildman–Crippen MR) is 94.2 cm³/mol. The third kappa shape index (κ3) is 2.86. The van der Waals surface area contributed by atoms with Crippen molar-refractivity contribution >= 4 is 18.3 Å². The second-order valence-electron chi connectivity index (χ2n) is 6.45. The highest BCUT2D eigenvalue weighted by atomic mass is 32.1. The zero-order valence-corrected chi connectivity index (χ0v) is 14.3. The van der Waals surface area contributed by atoms with Crippen LogP contribution in [-0.4, -0.2) is 14.6 Å². The summed E-state index contributed by atoms with van der Waals surface area (Å²) in [4.78, 5) is 16.8. The molecule has 2 heterocycles. The number of nitrogens with one attached hydrogen (secondary N) is 1. The van der Waals surface area contributed by atoms with Crippen LogP contribution in [0.15, 0.2) is 35.1 Å². The molecule has 3 aromatic rings. The maximum Gasteiger partial charge on any atom is 0.272 e. The number of rotatable bonds is 3. The van der Waals surface area contributed by atoms with Gasteiger partial charge in [0.1, 0.15) is 0 Å². The van der Waals surface area contributed by atoms with E-state index in [1.54, 1.807) is 0 Å². The van der Waals surface area contributed by atoms with E-state index < -0.39 is 16.9 Å². The molecule has 0 bridgehead atoms. The number of benzene rings is 1. The quantitative estimate of drug-likeness (QED) is 0.694. The van der Waals surface area contributed by atoms with Crippen LogP contribution in [0.4, 0.5) is 8.78 Å². The lowest BCUT2D eigenvalue weighted by molar-refractivity contribution is 0.500. The summed E-state index contributed by atoms with van der Waals surface area (Å²) in [6.07, 6.45) is 4.56. The molecule has 0 saturated heterocycles. The SMILES string of the molecule is O=c1cc(C(S)c2cccc(F)c2F)nc2cc(C3CCCC3)[nH]n12. The van der Waals surface area contributed by atoms with Crippen LogP contribution in [0.5, 0.6) is 0 Å². The van der Waals surface area contributed by atoms with Gasteiger partial charge in [0.25, 0.3) is 5.56 Å². The molecule has 0 radical (unpaired) electrons. The van der Waals surface area contributed by atoms with Gasteiger partial charge in [0.15, 0.2) is 17.3 Å². The summed E-state index contributed by atoms with van der Waals surface area (Å²) in [5.74, 6) is -1.50. The number of fused-ring (bicyclic) bond motifs is 1. The first kappa shape index (κ1) is 16.3. The van der Waals surface area contributed by atoms with Gasteiger partial charge in [-0.2, -0.15) is 12.6 Å². The van der Waals surface area contributed by atoms with E-state index in [4.69, 9.17) is 0 Å². The molecule has 2 aromatic heterocycles. The minimum Gasteiger partial charge on any atom is -0.293 e. The molecular weight excluding hydrogens is 344 g/mol. The van der Waals surface area contributed by atoms with Crippen molar-refractivity contribution in [3.63, 3.8) is 0 Å². The molecule has 0 spiro atoms. The van der Waals surface area contributed by atoms with Gasteiger partial charge >= 0.3 is 0 Å². The maximum absolute atomic E-state index is 14.0. The summed E-state index contributed by atoms with van der Waals surface area (Å²) in [6.45, 7) is 0. The summed E-state index contributed by atoms with van der Waals surface area (Å²) < 4.78 is 28.9. The minimum absolute atomic E-state index is 0.0612. The number of aromatic amines is 1. The van der Waals surface area contributed by atoms with Crippen LogP contribution in [-0.2, 0) is 0 Å². The van der Waals surface area contributed by atoms with E-state index in [-0.39, 0.29) is 11.1 Å². The van der Waals surface area contributed by atoms with E-state index in [1.165, 1.54) is 35.6 Å². The zero-order valence-electron chi connectivity index (χ0n) is 13.4. The van der Waals surface area contributed by atoms with Gasteiger partial charge in [-0.25, -0.2) is 18.3 Å². The number of H-pyrrole nitrogens is 1. The molecule has 0 amide bonds. The molecule has 1 N–H and O–H groups in total. The smallest absolute Gasteiger partial charge is 0.272 e. The van der Waals surface area contributed by atoms with Crippen molar-refractivity contribution < 1.29 is 8.78 Å². The van der Waals surface area contributed by atoms with E-state index in [1.807, 2.05) is 6.07 Å². The normalized spacial score (nSPS) is 16.6. The molecule has 1 aliphatic rings. The van der Waals surface area contributed by atoms with Crippen molar-refractivity contribution in [2.45, 2.75) is 36.9 Å². The topological polar surface area (TPSA) is 50.2 Å². The number of hydrogen-bond acceptors (Lipinski definition) is 3. The van der Waals surface area contributed by atoms with Gasteiger partial charge in [0.2, 0.25) is 0 Å². The molecule has 1 atom stereocenters. The van der Waals surface area contributed by atoms with Crippen molar-refractivity contribution in [1.29, 1.82) is 0 Å². The van der Waals surface area contributed by atoms with Crippen molar-refractivity contribution in [3.05, 3.63) is 69.3 Å². The Labute approximate surface area is 148 Å². The van der Waals surface area contributed by atoms with Gasteiger partial charge in [-0.3, -0.25) is 9.89 Å². The number of halogens is 2. The van der Waals surface area contributed by atoms with Crippen LogP contribution in [0.2, 0.25) is 0 Å². The molecule has 0 aliphatic heterocycles. The van der Waals surface area contributed by atoms with Crippen LogP contribution in [0.1, 0.15) is 53.8 Å². The number of aromatic nitrogens is 3. The summed E-state index contributed by atoms with van der Waals surface area (Å²) in [5, 5.41) is 2.29. The second kappa shape index (κ2) is 6.29. The fourth-order valence-electron chi connectivity index (χ4n) is 3.51. The molecule has 1 saturated carbocycles. The largest absolute Gasteiger partial charge is 0.293 e. The molecule has 4 rings (SSSR count). The Morgan fingerprint density at radius 3 is 2.76 bits per heavy atom. The lowest BCUT2D eigenvalue weighted by atomic mass is 10.0. The summed E-state index contributed by atoms with van der Waals surface area (Å²) in [5.41, 5.74) is 1.54. The van der Waals surface area contributed by atoms with Crippen LogP contribution in [0.3, 0.4) is 0 Å². The first-order chi connectivity index (χ1) is 12.0. The fourth-order valence-corrected chi connectivity index (χ4v) is 3.84. The predicted octanol–water partition coefficient (Wildman–Crippen LogP) is 3.98. The molecule has 25 heavy (non-hydrogen) atoms. The highest BCUT2D eigenvalue weighted by Crippen LogP contribution is 2.34. The standard InChI is InChI=1S/C18H17F2N3OS/c19-12-7-3-6-11(17(12)20)18(25)14-9-16(24)23-15(21-14)8-13(22-23)10-4-1-2-5-10/h3,6-10,18,22,25H,1-2,4-5H2. The summed E-state index contributed by atoms with van der Waals surface area (Å²) in [6, 6.07) is 7.08. The van der Waals surface area contributed by atoms with E-state index in [0.717, 1.165) is 24.6 Å². The van der Waals surface area contributed by atoms with Crippen LogP contribution in [0.25, 0.3) is 5.65 Å². The van der Waals surface area contributed by atoms with Gasteiger partial charge in [-0.15, -0.1) is 0 Å². The third-order valence-corrected chi connectivity index (χ3v) is 5.38. The maximum atomic E-state index is 14.0. The molecule has 4 nitrogen and oxygen atoms in total. The third-order valence-electron chi connectivity index (χ3n) is 4.84. The average molecular weight is 361 g/mol. The molecule has 1 unspecified atom stereocenters. The first-order valence-corrected chi connectivity index (χ1v) is 8.81. The number of hydrogen-bond donors (Lipinski definition) is 2. The lowest BCUT2D eigenvalue weighted by Crippen LogP contribution is -2.17. The number of thiol groups is 1. The van der Waals surface area contributed by atoms with E-state index in [9.17, 15) is 13.6 Å². The van der Waals surface area contributed by atoms with Gasteiger partial charge in [-0.05, 0) is 18.9 Å². The Kier molecular flexibility index (Phi) is 4.11. The van der Waals surface area contributed by atoms with Crippen LogP contribution < -0.4 is 5.56 Å². The van der Waals surface area contributed by atoms with Crippen LogP contribution in [0, 0.1) is 11.6 Å². The van der Waals surface area contributed by atoms with Crippen molar-refractivity contribution in [2.24, 2.45) is 0 Å². The fraction of sp³-hybridized carbons (Fsp3) is 0.333. The van der Waals surface area contributed by atoms with Crippen molar-refractivity contribution in [3.8, 4) is 0 Å². The van der Waals surface area contributed by atoms with Gasteiger partial charge < -0.3 is 0 Å². The van der Waals surface area contributed by atoms with E-state index >= 15 is 0 Å². The van der Waals surface area contributed by atoms with Crippen LogP contribution >= 0.6 is 12.6 Å². The highest BCUT2D eigenvalue weighted by Gasteiger charge is 2.22. The average Bonchev–Trinajstić information content (AvgIpc) is 3.25. The van der Waals surface area contributed by atoms with E-state index in [0.29, 0.717) is 17.3 Å². The Balaban J connectivity index is 1.77. The monoisotopic (exact) mass is 361 g/mol. The highest BCUT2D eigenvalue weighted by molar-refractivity contribution is 7.80. The molecule has 1 aromatic carbocycles. The Bertz CT molecular complexity index is 992. The Morgan fingerprint density at radius 2 is 2.00 bits per heavy atom. The Hall–Kier alpha value is -2.15.